The van der Waals surface area contributed by atoms with Crippen molar-refractivity contribution in [2.24, 2.45) is 7.05 Å². The van der Waals surface area contributed by atoms with E-state index in [9.17, 15) is 28.8 Å². The Bertz CT molecular complexity index is 2410. The number of piperidine rings is 3. The first kappa shape index (κ1) is 39.0. The zero-order chi connectivity index (χ0) is 40.8. The van der Waals surface area contributed by atoms with Gasteiger partial charge in [0, 0.05) is 68.5 Å². The van der Waals surface area contributed by atoms with E-state index in [0.717, 1.165) is 67.8 Å². The van der Waals surface area contributed by atoms with Gasteiger partial charge in [-0.2, -0.15) is 4.98 Å². The standard InChI is InChI=1S/C41H44ClN9O7/c1-23(52)22-58-34-19-24-18-25(4-7-32(24)48(3)40(34)57)44-36-31(42)21-43-41(46-36)50-16-12-27(13-17-50)47(2)26-10-14-49(15-11-26)28-5-6-29-30(20-28)39(56)51(38(29)55)33-8-9-35(53)45-37(33)54/h4-7,18-21,26-27,33H,8-17,22H2,1-3H3,(H,43,44,46)(H,45,53,54). The molecule has 8 rings (SSSR count). The molecule has 16 nitrogen and oxygen atoms in total. The number of halogens is 1. The number of Topliss-reactive ketones (excluding diaryl/α,β-unsaturated/α-hetero) is 1. The number of ketones is 1. The van der Waals surface area contributed by atoms with Crippen molar-refractivity contribution in [2.45, 2.75) is 63.6 Å². The second-order valence-corrected chi connectivity index (χ2v) is 15.8. The summed E-state index contributed by atoms with van der Waals surface area (Å²) in [4.78, 5) is 92.1. The first-order valence-corrected chi connectivity index (χ1v) is 19.9. The molecule has 0 radical (unpaired) electrons. The minimum absolute atomic E-state index is 0.0811. The van der Waals surface area contributed by atoms with Crippen LogP contribution in [-0.2, 0) is 21.4 Å². The number of carbonyl (C=O) groups excluding carboxylic acids is 5. The van der Waals surface area contributed by atoms with Gasteiger partial charge in [0.25, 0.3) is 17.4 Å². The van der Waals surface area contributed by atoms with Crippen LogP contribution >= 0.6 is 11.6 Å². The van der Waals surface area contributed by atoms with Crippen molar-refractivity contribution in [3.8, 4) is 5.75 Å². The quantitative estimate of drug-likeness (QED) is 0.222. The van der Waals surface area contributed by atoms with Gasteiger partial charge < -0.3 is 29.3 Å². The van der Waals surface area contributed by atoms with Gasteiger partial charge in [-0.15, -0.1) is 0 Å². The number of nitrogens with zero attached hydrogens (tertiary/aromatic N) is 7. The van der Waals surface area contributed by atoms with Crippen LogP contribution in [0.3, 0.4) is 0 Å². The summed E-state index contributed by atoms with van der Waals surface area (Å²) in [5, 5.41) is 6.65. The number of ether oxygens (including phenoxy) is 1. The second kappa shape index (κ2) is 15.8. The Morgan fingerprint density at radius 1 is 0.914 bits per heavy atom. The lowest BCUT2D eigenvalue weighted by Gasteiger charge is -2.43. The fraction of sp³-hybridized carbons (Fsp3) is 0.415. The van der Waals surface area contributed by atoms with Crippen molar-refractivity contribution in [1.29, 1.82) is 0 Å². The Labute approximate surface area is 339 Å². The lowest BCUT2D eigenvalue weighted by atomic mass is 9.96. The molecule has 0 aliphatic carbocycles. The summed E-state index contributed by atoms with van der Waals surface area (Å²) in [5.74, 6) is -1.06. The van der Waals surface area contributed by atoms with E-state index in [0.29, 0.717) is 45.6 Å². The van der Waals surface area contributed by atoms with Gasteiger partial charge in [-0.05, 0) is 88.5 Å². The summed E-state index contributed by atoms with van der Waals surface area (Å²) in [5.41, 5.74) is 2.53. The summed E-state index contributed by atoms with van der Waals surface area (Å²) in [6, 6.07) is 12.3. The maximum atomic E-state index is 13.4. The minimum atomic E-state index is -0.987. The lowest BCUT2D eigenvalue weighted by molar-refractivity contribution is -0.136. The molecule has 3 saturated heterocycles. The van der Waals surface area contributed by atoms with E-state index in [1.165, 1.54) is 11.5 Å². The topological polar surface area (TPSA) is 179 Å². The smallest absolute Gasteiger partial charge is 0.293 e. The summed E-state index contributed by atoms with van der Waals surface area (Å²) in [7, 11) is 3.86. The van der Waals surface area contributed by atoms with Gasteiger partial charge in [0.2, 0.25) is 17.8 Å². The van der Waals surface area contributed by atoms with Crippen LogP contribution in [-0.4, -0.2) is 112 Å². The molecule has 4 aliphatic heterocycles. The lowest BCUT2D eigenvalue weighted by Crippen LogP contribution is -2.54. The molecule has 58 heavy (non-hydrogen) atoms. The summed E-state index contributed by atoms with van der Waals surface area (Å²) in [6.45, 7) is 4.36. The number of benzene rings is 2. The number of fused-ring (bicyclic) bond motifs is 2. The highest BCUT2D eigenvalue weighted by atomic mass is 35.5. The highest BCUT2D eigenvalue weighted by Crippen LogP contribution is 2.34. The van der Waals surface area contributed by atoms with E-state index in [4.69, 9.17) is 21.3 Å². The fourth-order valence-corrected chi connectivity index (χ4v) is 8.64. The highest BCUT2D eigenvalue weighted by molar-refractivity contribution is 6.33. The SMILES string of the molecule is CC(=O)COc1cc2cc(Nc3nc(N4CCC(N(C)C5CCN(c6ccc7c(c6)C(=O)N(C6CCC(=O)NC6=O)C7=O)CC5)CC4)ncc3Cl)ccc2n(C)c1=O. The first-order valence-electron chi connectivity index (χ1n) is 19.5. The number of imide groups is 2. The van der Waals surface area contributed by atoms with Crippen LogP contribution in [0.2, 0.25) is 5.02 Å². The van der Waals surface area contributed by atoms with E-state index in [1.54, 1.807) is 31.4 Å². The number of hydrogen-bond donors (Lipinski definition) is 2. The van der Waals surface area contributed by atoms with Crippen LogP contribution in [0.25, 0.3) is 10.9 Å². The Kier molecular flexibility index (Phi) is 10.6. The molecule has 2 N–H and O–H groups in total. The molecule has 0 spiro atoms. The molecule has 3 fully saturated rings. The molecule has 0 bridgehead atoms. The largest absolute Gasteiger partial charge is 0.480 e. The van der Waals surface area contributed by atoms with Crippen LogP contribution in [0.4, 0.5) is 23.1 Å². The molecule has 17 heteroatoms. The molecule has 302 valence electrons. The van der Waals surface area contributed by atoms with Gasteiger partial charge in [-0.1, -0.05) is 11.6 Å². The highest BCUT2D eigenvalue weighted by Gasteiger charge is 2.45. The van der Waals surface area contributed by atoms with Crippen LogP contribution in [0.1, 0.15) is 66.2 Å². The number of carbonyl (C=O) groups is 5. The number of nitrogens with one attached hydrogen (secondary N) is 2. The molecule has 4 aliphatic rings. The van der Waals surface area contributed by atoms with Gasteiger partial charge in [0.15, 0.2) is 17.4 Å². The van der Waals surface area contributed by atoms with E-state index in [2.05, 4.69) is 37.4 Å². The summed E-state index contributed by atoms with van der Waals surface area (Å²) >= 11 is 6.56. The molecular weight excluding hydrogens is 766 g/mol. The monoisotopic (exact) mass is 809 g/mol. The molecule has 1 atom stereocenters. The number of rotatable bonds is 10. The van der Waals surface area contributed by atoms with E-state index in [1.807, 2.05) is 24.3 Å². The van der Waals surface area contributed by atoms with Gasteiger partial charge in [-0.3, -0.25) is 39.0 Å². The van der Waals surface area contributed by atoms with Crippen LogP contribution in [0.15, 0.2) is 53.5 Å². The van der Waals surface area contributed by atoms with Crippen molar-refractivity contribution >= 4 is 75.1 Å². The number of aryl methyl sites for hydroxylation is 1. The van der Waals surface area contributed by atoms with Gasteiger partial charge in [0.05, 0.1) is 22.8 Å². The summed E-state index contributed by atoms with van der Waals surface area (Å²) in [6.07, 6.45) is 5.56. The van der Waals surface area contributed by atoms with Gasteiger partial charge in [-0.25, -0.2) is 4.98 Å². The van der Waals surface area contributed by atoms with E-state index >= 15 is 0 Å². The van der Waals surface area contributed by atoms with Crippen LogP contribution < -0.4 is 30.7 Å². The minimum Gasteiger partial charge on any atom is -0.480 e. The Hall–Kier alpha value is -5.87. The Morgan fingerprint density at radius 2 is 1.60 bits per heavy atom. The molecule has 4 aromatic rings. The van der Waals surface area contributed by atoms with Gasteiger partial charge in [0.1, 0.15) is 17.7 Å². The zero-order valence-electron chi connectivity index (χ0n) is 32.5. The van der Waals surface area contributed by atoms with E-state index < -0.39 is 29.7 Å². The average molecular weight is 810 g/mol. The molecule has 2 aromatic carbocycles. The summed E-state index contributed by atoms with van der Waals surface area (Å²) < 4.78 is 6.96. The Balaban J connectivity index is 0.860. The van der Waals surface area contributed by atoms with Gasteiger partial charge >= 0.3 is 0 Å². The molecule has 1 unspecified atom stereocenters. The predicted molar refractivity (Wildman–Crippen MR) is 217 cm³/mol. The van der Waals surface area contributed by atoms with Crippen molar-refractivity contribution < 1.29 is 28.7 Å². The zero-order valence-corrected chi connectivity index (χ0v) is 33.3. The van der Waals surface area contributed by atoms with Crippen LogP contribution in [0, 0.1) is 0 Å². The van der Waals surface area contributed by atoms with E-state index in [-0.39, 0.29) is 42.1 Å². The third-order valence-corrected chi connectivity index (χ3v) is 12.0. The number of pyridine rings is 1. The van der Waals surface area contributed by atoms with Crippen molar-refractivity contribution in [3.63, 3.8) is 0 Å². The van der Waals surface area contributed by atoms with Crippen molar-refractivity contribution in [2.75, 3.05) is 55.0 Å². The number of anilines is 4. The third kappa shape index (κ3) is 7.49. The Morgan fingerprint density at radius 3 is 2.29 bits per heavy atom. The molecule has 2 aromatic heterocycles. The number of amides is 4. The predicted octanol–water partition coefficient (Wildman–Crippen LogP) is 3.66. The second-order valence-electron chi connectivity index (χ2n) is 15.4. The third-order valence-electron chi connectivity index (χ3n) is 11.8. The molecular formula is C41H44ClN9O7. The maximum absolute atomic E-state index is 13.4. The molecule has 6 heterocycles. The van der Waals surface area contributed by atoms with Crippen LogP contribution in [0.5, 0.6) is 5.75 Å². The number of aromatic nitrogens is 3. The normalized spacial score (nSPS) is 19.3. The van der Waals surface area contributed by atoms with Crippen molar-refractivity contribution in [1.82, 2.24) is 29.7 Å². The first-order chi connectivity index (χ1) is 27.9. The van der Waals surface area contributed by atoms with Crippen molar-refractivity contribution in [3.05, 3.63) is 75.2 Å². The maximum Gasteiger partial charge on any atom is 0.293 e. The average Bonchev–Trinajstić information content (AvgIpc) is 3.47. The number of hydrogen-bond acceptors (Lipinski definition) is 13. The molecule has 4 amide bonds. The molecule has 0 saturated carbocycles. The fourth-order valence-electron chi connectivity index (χ4n) is 8.51.